The Kier molecular flexibility index (Phi) is 5.07. The smallest absolute Gasteiger partial charge is 0.103 e. The standard InChI is InChI=1S/C13H14BrNS2/c1-2-3-11-8-17-13(15-11)9-16-12-6-4-10(14)5-7-12/h4-8H,2-3,9H2,1H3. The second-order valence-corrected chi connectivity index (χ2v) is 6.63. The highest BCUT2D eigenvalue weighted by Crippen LogP contribution is 2.25. The highest BCUT2D eigenvalue weighted by atomic mass is 79.9. The molecule has 90 valence electrons. The SMILES string of the molecule is CCCc1csc(CSc2ccc(Br)cc2)n1. The van der Waals surface area contributed by atoms with Crippen LogP contribution in [0.2, 0.25) is 0 Å². The first kappa shape index (κ1) is 13.1. The highest BCUT2D eigenvalue weighted by Gasteiger charge is 2.02. The lowest BCUT2D eigenvalue weighted by Gasteiger charge is -1.99. The van der Waals surface area contributed by atoms with Gasteiger partial charge in [0.15, 0.2) is 0 Å². The van der Waals surface area contributed by atoms with E-state index in [2.05, 4.69) is 57.5 Å². The van der Waals surface area contributed by atoms with Crippen molar-refractivity contribution in [2.24, 2.45) is 0 Å². The van der Waals surface area contributed by atoms with Gasteiger partial charge in [0.05, 0.1) is 11.4 Å². The van der Waals surface area contributed by atoms with Crippen LogP contribution in [-0.2, 0) is 12.2 Å². The second kappa shape index (κ2) is 6.57. The number of aryl methyl sites for hydroxylation is 1. The molecule has 0 radical (unpaired) electrons. The van der Waals surface area contributed by atoms with Gasteiger partial charge in [0.1, 0.15) is 5.01 Å². The van der Waals surface area contributed by atoms with Crippen LogP contribution in [0.5, 0.6) is 0 Å². The highest BCUT2D eigenvalue weighted by molar-refractivity contribution is 9.10. The third-order valence-corrected chi connectivity index (χ3v) is 4.91. The molecular formula is C13H14BrNS2. The summed E-state index contributed by atoms with van der Waals surface area (Å²) < 4.78 is 1.13. The molecule has 4 heteroatoms. The predicted molar refractivity (Wildman–Crippen MR) is 79.8 cm³/mol. The van der Waals surface area contributed by atoms with Gasteiger partial charge in [-0.3, -0.25) is 0 Å². The molecule has 0 bridgehead atoms. The summed E-state index contributed by atoms with van der Waals surface area (Å²) >= 11 is 7.05. The molecule has 0 N–H and O–H groups in total. The van der Waals surface area contributed by atoms with Crippen LogP contribution in [0.4, 0.5) is 0 Å². The van der Waals surface area contributed by atoms with Crippen molar-refractivity contribution in [2.45, 2.75) is 30.4 Å². The zero-order valence-electron chi connectivity index (χ0n) is 9.65. The summed E-state index contributed by atoms with van der Waals surface area (Å²) in [6.07, 6.45) is 2.27. The molecule has 1 nitrogen and oxygen atoms in total. The molecule has 17 heavy (non-hydrogen) atoms. The number of hydrogen-bond donors (Lipinski definition) is 0. The van der Waals surface area contributed by atoms with E-state index in [1.165, 1.54) is 22.0 Å². The first-order valence-electron chi connectivity index (χ1n) is 5.59. The number of thiazole rings is 1. The van der Waals surface area contributed by atoms with Crippen LogP contribution in [0.3, 0.4) is 0 Å². The van der Waals surface area contributed by atoms with Gasteiger partial charge in [-0.15, -0.1) is 23.1 Å². The van der Waals surface area contributed by atoms with E-state index in [0.717, 1.165) is 16.6 Å². The Morgan fingerprint density at radius 2 is 2.06 bits per heavy atom. The van der Waals surface area contributed by atoms with E-state index in [9.17, 15) is 0 Å². The number of nitrogens with zero attached hydrogens (tertiary/aromatic N) is 1. The van der Waals surface area contributed by atoms with Crippen molar-refractivity contribution in [3.8, 4) is 0 Å². The molecule has 0 saturated carbocycles. The lowest BCUT2D eigenvalue weighted by molar-refractivity contribution is 0.887. The van der Waals surface area contributed by atoms with Gasteiger partial charge in [-0.1, -0.05) is 29.3 Å². The van der Waals surface area contributed by atoms with E-state index in [1.54, 1.807) is 11.3 Å². The Balaban J connectivity index is 1.90. The zero-order valence-corrected chi connectivity index (χ0v) is 12.9. The van der Waals surface area contributed by atoms with Crippen molar-refractivity contribution in [3.63, 3.8) is 0 Å². The van der Waals surface area contributed by atoms with E-state index in [0.29, 0.717) is 0 Å². The normalized spacial score (nSPS) is 10.7. The fourth-order valence-electron chi connectivity index (χ4n) is 1.46. The van der Waals surface area contributed by atoms with E-state index in [1.807, 2.05) is 11.8 Å². The Bertz CT molecular complexity index is 465. The largest absolute Gasteiger partial charge is 0.245 e. The first-order chi connectivity index (χ1) is 8.28. The number of rotatable bonds is 5. The predicted octanol–water partition coefficient (Wildman–Crippen LogP) is 5.15. The molecule has 0 unspecified atom stereocenters. The zero-order chi connectivity index (χ0) is 12.1. The molecule has 0 aliphatic heterocycles. The molecule has 2 aromatic rings. The molecule has 1 heterocycles. The second-order valence-electron chi connectivity index (χ2n) is 3.73. The van der Waals surface area contributed by atoms with Crippen LogP contribution >= 0.6 is 39.0 Å². The van der Waals surface area contributed by atoms with Crippen molar-refractivity contribution in [1.82, 2.24) is 4.98 Å². The maximum Gasteiger partial charge on any atom is 0.103 e. The van der Waals surface area contributed by atoms with Gasteiger partial charge in [0.25, 0.3) is 0 Å². The Morgan fingerprint density at radius 3 is 2.76 bits per heavy atom. The number of hydrogen-bond acceptors (Lipinski definition) is 3. The number of benzene rings is 1. The first-order valence-corrected chi connectivity index (χ1v) is 8.25. The molecular weight excluding hydrogens is 314 g/mol. The van der Waals surface area contributed by atoms with Gasteiger partial charge in [-0.05, 0) is 30.7 Å². The average Bonchev–Trinajstić information content (AvgIpc) is 2.77. The fraction of sp³-hybridized carbons (Fsp3) is 0.308. The quantitative estimate of drug-likeness (QED) is 0.704. The number of aromatic nitrogens is 1. The summed E-state index contributed by atoms with van der Waals surface area (Å²) in [6, 6.07) is 8.42. The van der Waals surface area contributed by atoms with E-state index < -0.39 is 0 Å². The summed E-state index contributed by atoms with van der Waals surface area (Å²) in [7, 11) is 0. The van der Waals surface area contributed by atoms with Gasteiger partial charge < -0.3 is 0 Å². The van der Waals surface area contributed by atoms with Crippen molar-refractivity contribution >= 4 is 39.0 Å². The van der Waals surface area contributed by atoms with Gasteiger partial charge in [0, 0.05) is 14.7 Å². The molecule has 0 saturated heterocycles. The molecule has 0 aliphatic rings. The lowest BCUT2D eigenvalue weighted by Crippen LogP contribution is -1.84. The number of halogens is 1. The third-order valence-electron chi connectivity index (χ3n) is 2.28. The number of thioether (sulfide) groups is 1. The van der Waals surface area contributed by atoms with Crippen molar-refractivity contribution < 1.29 is 0 Å². The molecule has 0 atom stereocenters. The Hall–Kier alpha value is -0.320. The topological polar surface area (TPSA) is 12.9 Å². The van der Waals surface area contributed by atoms with Gasteiger partial charge >= 0.3 is 0 Å². The van der Waals surface area contributed by atoms with Crippen LogP contribution in [0.1, 0.15) is 24.0 Å². The average molecular weight is 328 g/mol. The molecule has 1 aromatic carbocycles. The molecule has 0 fully saturated rings. The van der Waals surface area contributed by atoms with E-state index in [4.69, 9.17) is 0 Å². The van der Waals surface area contributed by atoms with Gasteiger partial charge in [0.2, 0.25) is 0 Å². The van der Waals surface area contributed by atoms with Gasteiger partial charge in [-0.2, -0.15) is 0 Å². The minimum absolute atomic E-state index is 0.968. The summed E-state index contributed by atoms with van der Waals surface area (Å²) in [6.45, 7) is 2.19. The summed E-state index contributed by atoms with van der Waals surface area (Å²) in [4.78, 5) is 5.91. The van der Waals surface area contributed by atoms with Crippen molar-refractivity contribution in [1.29, 1.82) is 0 Å². The van der Waals surface area contributed by atoms with Crippen molar-refractivity contribution in [3.05, 3.63) is 44.8 Å². The fourth-order valence-corrected chi connectivity index (χ4v) is 3.47. The van der Waals surface area contributed by atoms with Crippen LogP contribution in [0.15, 0.2) is 39.0 Å². The molecule has 0 spiro atoms. The van der Waals surface area contributed by atoms with Crippen LogP contribution < -0.4 is 0 Å². The summed E-state index contributed by atoms with van der Waals surface area (Å²) in [5.41, 5.74) is 1.24. The Morgan fingerprint density at radius 1 is 1.29 bits per heavy atom. The minimum Gasteiger partial charge on any atom is -0.245 e. The van der Waals surface area contributed by atoms with Crippen LogP contribution in [0, 0.1) is 0 Å². The lowest BCUT2D eigenvalue weighted by atomic mass is 10.3. The Labute approximate surface area is 119 Å². The molecule has 0 amide bonds. The molecule has 2 rings (SSSR count). The van der Waals surface area contributed by atoms with E-state index in [-0.39, 0.29) is 0 Å². The maximum atomic E-state index is 4.62. The minimum atomic E-state index is 0.968. The molecule has 1 aromatic heterocycles. The van der Waals surface area contributed by atoms with Gasteiger partial charge in [-0.25, -0.2) is 4.98 Å². The van der Waals surface area contributed by atoms with Crippen molar-refractivity contribution in [2.75, 3.05) is 0 Å². The third kappa shape index (κ3) is 4.12. The summed E-state index contributed by atoms with van der Waals surface area (Å²) in [5, 5.41) is 3.41. The molecule has 0 aliphatic carbocycles. The van der Waals surface area contributed by atoms with Crippen LogP contribution in [0.25, 0.3) is 0 Å². The van der Waals surface area contributed by atoms with Crippen LogP contribution in [-0.4, -0.2) is 4.98 Å². The summed E-state index contributed by atoms with van der Waals surface area (Å²) in [5.74, 6) is 0.968. The van der Waals surface area contributed by atoms with E-state index >= 15 is 0 Å². The maximum absolute atomic E-state index is 4.62. The monoisotopic (exact) mass is 327 g/mol.